The standard InChI is InChI=1S/C98H101N23O17.CH4/c1-5-113(65(4)69-26-35-99-36-27-69)83-57-102-62-108-77(83)56-72(93(124)125)53-66-14-20-73(21-15-66)119-88-80(11-8-32-105-88)116(96(119)130)41-44-133-47-49-136-60-76(138-52-51-135-46-43-118-82-13-10-34-107-90(82)121(98(118)132)75-24-18-68(19-25-75)55-79(95(128)129)112-87-85(59-104-64-110-87)115(7-3)92(123)71-30-39-101-40-31-71)61-137-50-48-134-45-42-117-81-12-9-33-106-89(81)120(97(117)131)74-22-16-67(17-23-74)54-78(94(126)127)111-86-84(58-103-63-109-86)114(6-2)91(122)70-28-37-100-38-29-70;/h8-40,57-59,62-64,72,76,78-79H,4-7,41-56,60-61H2,1-3H3,(H,124,125)(H,126,127)(H,128,129)(H,103,109,111)(H,104,110,112);1H4/t72-,76?,78+,79+;/m1./s1. The Kier molecular flexibility index (Phi) is 34.0. The average molecular weight is 1890 g/mol. The zero-order chi connectivity index (χ0) is 96.4. The zero-order valence-electron chi connectivity index (χ0n) is 75.8. The van der Waals surface area contributed by atoms with E-state index in [1.807, 2.05) is 36.1 Å². The van der Waals surface area contributed by atoms with Crippen molar-refractivity contribution in [1.29, 1.82) is 0 Å². The van der Waals surface area contributed by atoms with Crippen LogP contribution in [0.1, 0.15) is 76.9 Å². The number of hydrogen-bond acceptors (Lipinski definition) is 29. The first-order valence-corrected chi connectivity index (χ1v) is 44.8. The molecule has 40 heteroatoms. The molecule has 12 aromatic heterocycles. The maximum atomic E-state index is 14.5. The van der Waals surface area contributed by atoms with Gasteiger partial charge in [-0.25, -0.2) is 82.5 Å². The number of nitrogens with zero attached hydrogens (tertiary/aromatic N) is 21. The highest BCUT2D eigenvalue weighted by Gasteiger charge is 2.31. The van der Waals surface area contributed by atoms with Gasteiger partial charge in [0.1, 0.15) is 48.5 Å². The quantitative estimate of drug-likeness (QED) is 0.0221. The fraction of sp³-hybridized carbons (Fsp3) is 0.293. The number of anilines is 5. The number of ether oxygens (including phenoxy) is 6. The molecule has 4 atom stereocenters. The van der Waals surface area contributed by atoms with Crippen LogP contribution in [-0.4, -0.2) is 243 Å². The minimum absolute atomic E-state index is 0. The number of carbonyl (C=O) groups is 5. The molecule has 3 aromatic carbocycles. The number of benzene rings is 3. The van der Waals surface area contributed by atoms with Crippen molar-refractivity contribution in [3.63, 3.8) is 0 Å². The lowest BCUT2D eigenvalue weighted by molar-refractivity contribution is -0.142. The van der Waals surface area contributed by atoms with E-state index in [1.165, 1.54) is 79.7 Å². The number of carboxylic acids is 3. The number of rotatable bonds is 51. The number of fused-ring (bicyclic) bond motifs is 3. The molecule has 5 N–H and O–H groups in total. The number of pyridine rings is 6. The summed E-state index contributed by atoms with van der Waals surface area (Å²) in [4.78, 5) is 166. The number of amides is 2. The molecule has 0 aliphatic carbocycles. The van der Waals surface area contributed by atoms with Gasteiger partial charge in [0.15, 0.2) is 28.6 Å². The Morgan fingerprint density at radius 1 is 0.381 bits per heavy atom. The predicted molar refractivity (Wildman–Crippen MR) is 518 cm³/mol. The molecule has 40 nitrogen and oxygen atoms in total. The predicted octanol–water partition coefficient (Wildman–Crippen LogP) is 9.78. The summed E-state index contributed by atoms with van der Waals surface area (Å²) in [5.74, 6) is -4.59. The first-order valence-electron chi connectivity index (χ1n) is 44.8. The van der Waals surface area contributed by atoms with Crippen molar-refractivity contribution in [2.24, 2.45) is 5.92 Å². The van der Waals surface area contributed by atoms with Gasteiger partial charge in [-0.05, 0) is 153 Å². The lowest BCUT2D eigenvalue weighted by Crippen LogP contribution is -2.35. The van der Waals surface area contributed by atoms with Crippen LogP contribution in [0.2, 0.25) is 0 Å². The van der Waals surface area contributed by atoms with E-state index in [1.54, 1.807) is 186 Å². The fourth-order valence-corrected chi connectivity index (χ4v) is 16.1. The van der Waals surface area contributed by atoms with Crippen LogP contribution in [0.5, 0.6) is 0 Å². The van der Waals surface area contributed by atoms with Crippen LogP contribution in [0.4, 0.5) is 28.7 Å². The number of aliphatic carboxylic acids is 3. The molecule has 0 fully saturated rings. The van der Waals surface area contributed by atoms with Gasteiger partial charge in [0.25, 0.3) is 11.8 Å². The molecule has 139 heavy (non-hydrogen) atoms. The Morgan fingerprint density at radius 3 is 1.11 bits per heavy atom. The maximum absolute atomic E-state index is 14.5. The number of imidazole rings is 3. The van der Waals surface area contributed by atoms with Gasteiger partial charge in [-0.1, -0.05) is 50.4 Å². The van der Waals surface area contributed by atoms with Crippen molar-refractivity contribution in [1.82, 2.24) is 87.2 Å². The lowest BCUT2D eigenvalue weighted by Gasteiger charge is -2.27. The first-order chi connectivity index (χ1) is 67.4. The molecule has 0 spiro atoms. The Balaban J connectivity index is 0.0000154. The van der Waals surface area contributed by atoms with Crippen molar-refractivity contribution >= 4 is 97.6 Å². The Hall–Kier alpha value is -16.1. The summed E-state index contributed by atoms with van der Waals surface area (Å²) in [6.45, 7) is 12.5. The van der Waals surface area contributed by atoms with Crippen LogP contribution < -0.4 is 42.4 Å². The summed E-state index contributed by atoms with van der Waals surface area (Å²) >= 11 is 0. The third-order valence-corrected chi connectivity index (χ3v) is 23.0. The number of aromatic nitrogens is 18. The van der Waals surface area contributed by atoms with E-state index in [2.05, 4.69) is 77.0 Å². The smallest absolute Gasteiger partial charge is 0.335 e. The third-order valence-electron chi connectivity index (χ3n) is 23.0. The van der Waals surface area contributed by atoms with Crippen molar-refractivity contribution in [3.05, 3.63) is 316 Å². The van der Waals surface area contributed by atoms with E-state index >= 15 is 0 Å². The van der Waals surface area contributed by atoms with Crippen molar-refractivity contribution in [2.75, 3.05) is 118 Å². The van der Waals surface area contributed by atoms with Crippen LogP contribution >= 0.6 is 0 Å². The minimum atomic E-state index is -1.19. The van der Waals surface area contributed by atoms with Gasteiger partial charge < -0.3 is 69.1 Å². The van der Waals surface area contributed by atoms with Crippen LogP contribution in [-0.2, 0) is 88.1 Å². The number of nitrogens with one attached hydrogen (secondary N) is 2. The van der Waals surface area contributed by atoms with Crippen LogP contribution in [0.3, 0.4) is 0 Å². The first kappa shape index (κ1) is 98.8. The van der Waals surface area contributed by atoms with Gasteiger partial charge in [0, 0.05) is 117 Å². The second-order valence-electron chi connectivity index (χ2n) is 31.6. The van der Waals surface area contributed by atoms with E-state index in [0.29, 0.717) is 108 Å². The van der Waals surface area contributed by atoms with Gasteiger partial charge in [0.05, 0.1) is 162 Å². The molecule has 2 amide bonds. The zero-order valence-corrected chi connectivity index (χ0v) is 75.8. The molecule has 12 heterocycles. The summed E-state index contributed by atoms with van der Waals surface area (Å²) in [5.41, 5.74) is 9.28. The molecule has 0 bridgehead atoms. The van der Waals surface area contributed by atoms with Crippen molar-refractivity contribution in [3.8, 4) is 17.1 Å². The van der Waals surface area contributed by atoms with Crippen LogP contribution in [0.15, 0.2) is 260 Å². The molecule has 15 rings (SSSR count). The van der Waals surface area contributed by atoms with Gasteiger partial charge in [-0.2, -0.15) is 0 Å². The monoisotopic (exact) mass is 1890 g/mol. The molecule has 0 radical (unpaired) electrons. The van der Waals surface area contributed by atoms with Crippen LogP contribution in [0, 0.1) is 5.92 Å². The van der Waals surface area contributed by atoms with E-state index in [-0.39, 0.29) is 173 Å². The molecule has 0 aliphatic rings. The lowest BCUT2D eigenvalue weighted by atomic mass is 9.94. The minimum Gasteiger partial charge on any atom is -0.481 e. The van der Waals surface area contributed by atoms with Crippen LogP contribution in [0.25, 0.3) is 56.3 Å². The summed E-state index contributed by atoms with van der Waals surface area (Å²) in [7, 11) is 0. The van der Waals surface area contributed by atoms with Crippen molar-refractivity contribution in [2.45, 2.75) is 91.7 Å². The van der Waals surface area contributed by atoms with E-state index in [9.17, 15) is 53.7 Å². The third kappa shape index (κ3) is 23.9. The molecular formula is C99H105N23O17. The average Bonchev–Trinajstić information content (AvgIpc) is 1.62. The summed E-state index contributed by atoms with van der Waals surface area (Å²) in [5, 5.41) is 37.6. The van der Waals surface area contributed by atoms with E-state index in [0.717, 1.165) is 11.1 Å². The number of carbonyl (C=O) groups excluding carboxylic acids is 2. The highest BCUT2D eigenvalue weighted by molar-refractivity contribution is 6.08. The van der Waals surface area contributed by atoms with Gasteiger partial charge in [-0.15, -0.1) is 0 Å². The Morgan fingerprint density at radius 2 is 0.734 bits per heavy atom. The summed E-state index contributed by atoms with van der Waals surface area (Å²) < 4.78 is 46.1. The number of hydrogen-bond donors (Lipinski definition) is 5. The summed E-state index contributed by atoms with van der Waals surface area (Å²) in [6, 6.07) is 39.2. The number of carboxylic acid groups (broad SMARTS) is 3. The topological polar surface area (TPSA) is 471 Å². The Bertz CT molecular complexity index is 6630. The van der Waals surface area contributed by atoms with E-state index < -0.39 is 47.7 Å². The second-order valence-corrected chi connectivity index (χ2v) is 31.6. The maximum Gasteiger partial charge on any atom is 0.335 e. The van der Waals surface area contributed by atoms with Gasteiger partial charge in [-0.3, -0.25) is 43.0 Å². The fourth-order valence-electron chi connectivity index (χ4n) is 16.1. The largest absolute Gasteiger partial charge is 0.481 e. The van der Waals surface area contributed by atoms with Crippen molar-refractivity contribution < 1.29 is 67.7 Å². The molecule has 718 valence electrons. The second kappa shape index (κ2) is 47.9. The Labute approximate surface area is 796 Å². The highest BCUT2D eigenvalue weighted by atomic mass is 16.6. The van der Waals surface area contributed by atoms with E-state index in [4.69, 9.17) is 28.4 Å². The molecule has 15 aromatic rings. The normalized spacial score (nSPS) is 12.2. The molecular weight excluding hydrogens is 1780 g/mol. The molecule has 0 saturated heterocycles. The molecule has 0 saturated carbocycles. The molecule has 0 aliphatic heterocycles. The summed E-state index contributed by atoms with van der Waals surface area (Å²) in [6.07, 6.45) is 22.3. The highest BCUT2D eigenvalue weighted by Crippen LogP contribution is 2.32. The van der Waals surface area contributed by atoms with Gasteiger partial charge in [0.2, 0.25) is 0 Å². The SMILES string of the molecule is C.C=C(c1ccncc1)N(CC)c1cncnc1C[C@@H](Cc1ccc(-n2c(=O)n(CCOCCOCC(COCCOCCn3c(=O)n(-c4ccc(C[C@H](Nc5ncncc5N(CC)C(=O)c5ccncc5)C(=O)O)cc4)c4ncccc43)OCCOCCn3c(=O)n(-c4ccc(C[C@H](Nc5ncncc5N(CC)C(=O)c5ccncc5)C(=O)O)cc4)c4ncccc43)c3cccnc32)cc1)C(=O)O. The van der Waals surface area contributed by atoms with Gasteiger partial charge >= 0.3 is 35.0 Å². The molecule has 1 unspecified atom stereocenters.